The summed E-state index contributed by atoms with van der Waals surface area (Å²) in [5, 5.41) is 3.57. The molecular formula is C21H29ClFN3O. The van der Waals surface area contributed by atoms with Gasteiger partial charge in [-0.3, -0.25) is 14.6 Å². The van der Waals surface area contributed by atoms with Crippen LogP contribution in [-0.2, 0) is 11.3 Å². The topological polar surface area (TPSA) is 35.6 Å². The molecule has 0 saturated carbocycles. The minimum Gasteiger partial charge on any atom is -0.355 e. The van der Waals surface area contributed by atoms with E-state index in [1.54, 1.807) is 19.1 Å². The van der Waals surface area contributed by atoms with Gasteiger partial charge in [0.1, 0.15) is 5.82 Å². The van der Waals surface area contributed by atoms with Crippen LogP contribution in [0, 0.1) is 17.7 Å². The van der Waals surface area contributed by atoms with Crippen molar-refractivity contribution in [2.75, 3.05) is 26.2 Å². The molecule has 27 heavy (non-hydrogen) atoms. The normalized spacial score (nSPS) is 31.4. The van der Waals surface area contributed by atoms with Crippen LogP contribution in [0.5, 0.6) is 0 Å². The van der Waals surface area contributed by atoms with Gasteiger partial charge in [0.2, 0.25) is 5.91 Å². The van der Waals surface area contributed by atoms with Crippen molar-refractivity contribution in [3.63, 3.8) is 0 Å². The average molecular weight is 394 g/mol. The van der Waals surface area contributed by atoms with Gasteiger partial charge in [0.15, 0.2) is 0 Å². The van der Waals surface area contributed by atoms with Crippen LogP contribution < -0.4 is 5.32 Å². The molecule has 4 atom stereocenters. The number of amides is 1. The van der Waals surface area contributed by atoms with E-state index in [2.05, 4.69) is 15.1 Å². The Morgan fingerprint density at radius 1 is 1.30 bits per heavy atom. The first-order valence-electron chi connectivity index (χ1n) is 10.2. The standard InChI is InChI=1S/C21H29ClFN3O/c1-14(27)24-10-21-16-9-15(20-7-2-3-8-26(20)21)11-25(12-16)13-17-18(22)5-4-6-19(17)23/h4-6,15-16,20-21H,2-3,7-13H2,1H3,(H,24,27)/t15-,16+,20+,21+/m1/s1. The Hall–Kier alpha value is -1.17. The lowest BCUT2D eigenvalue weighted by Crippen LogP contribution is -2.65. The quantitative estimate of drug-likeness (QED) is 0.852. The van der Waals surface area contributed by atoms with E-state index in [1.165, 1.54) is 31.7 Å². The van der Waals surface area contributed by atoms with E-state index < -0.39 is 0 Å². The van der Waals surface area contributed by atoms with Gasteiger partial charge in [0, 0.05) is 55.8 Å². The summed E-state index contributed by atoms with van der Waals surface area (Å²) in [5.41, 5.74) is 0.609. The lowest BCUT2D eigenvalue weighted by atomic mass is 9.72. The van der Waals surface area contributed by atoms with E-state index in [0.717, 1.165) is 26.2 Å². The fraction of sp³-hybridized carbons (Fsp3) is 0.667. The van der Waals surface area contributed by atoms with E-state index in [-0.39, 0.29) is 11.7 Å². The van der Waals surface area contributed by atoms with E-state index in [4.69, 9.17) is 11.6 Å². The molecule has 1 amide bonds. The van der Waals surface area contributed by atoms with Crippen molar-refractivity contribution in [3.05, 3.63) is 34.6 Å². The number of rotatable bonds is 4. The van der Waals surface area contributed by atoms with E-state index in [0.29, 0.717) is 41.1 Å². The molecule has 0 unspecified atom stereocenters. The Labute approximate surface area is 166 Å². The largest absolute Gasteiger partial charge is 0.355 e. The summed E-state index contributed by atoms with van der Waals surface area (Å²) in [4.78, 5) is 16.6. The first-order chi connectivity index (χ1) is 13.0. The summed E-state index contributed by atoms with van der Waals surface area (Å²) in [6.45, 7) is 5.97. The monoisotopic (exact) mass is 393 g/mol. The maximum atomic E-state index is 14.3. The number of likely N-dealkylation sites (tertiary alicyclic amines) is 1. The smallest absolute Gasteiger partial charge is 0.216 e. The van der Waals surface area contributed by atoms with Crippen molar-refractivity contribution in [3.8, 4) is 0 Å². The van der Waals surface area contributed by atoms with Gasteiger partial charge in [-0.25, -0.2) is 4.39 Å². The maximum Gasteiger partial charge on any atom is 0.216 e. The molecule has 0 radical (unpaired) electrons. The Kier molecular flexibility index (Phi) is 5.72. The zero-order chi connectivity index (χ0) is 19.0. The third-order valence-corrected chi connectivity index (χ3v) is 7.06. The van der Waals surface area contributed by atoms with Crippen LogP contribution in [0.25, 0.3) is 0 Å². The second-order valence-corrected chi connectivity index (χ2v) is 8.86. The zero-order valence-electron chi connectivity index (χ0n) is 16.0. The lowest BCUT2D eigenvalue weighted by molar-refractivity contribution is -0.120. The molecule has 3 heterocycles. The summed E-state index contributed by atoms with van der Waals surface area (Å²) >= 11 is 6.27. The van der Waals surface area contributed by atoms with Crippen molar-refractivity contribution >= 4 is 17.5 Å². The molecule has 1 aromatic rings. The molecule has 1 N–H and O–H groups in total. The number of halogens is 2. The third kappa shape index (κ3) is 4.01. The van der Waals surface area contributed by atoms with Crippen LogP contribution in [0.3, 0.4) is 0 Å². The average Bonchev–Trinajstić information content (AvgIpc) is 2.64. The Morgan fingerprint density at radius 2 is 2.11 bits per heavy atom. The van der Waals surface area contributed by atoms with Crippen LogP contribution in [-0.4, -0.2) is 54.0 Å². The van der Waals surface area contributed by atoms with E-state index in [9.17, 15) is 9.18 Å². The molecular weight excluding hydrogens is 365 g/mol. The van der Waals surface area contributed by atoms with E-state index >= 15 is 0 Å². The molecule has 1 aromatic carbocycles. The number of benzene rings is 1. The summed E-state index contributed by atoms with van der Waals surface area (Å²) in [6, 6.07) is 5.90. The highest BCUT2D eigenvalue weighted by Gasteiger charge is 2.47. The number of carbonyl (C=O) groups excluding carboxylic acids is 1. The number of nitrogens with zero attached hydrogens (tertiary/aromatic N) is 2. The molecule has 4 rings (SSSR count). The van der Waals surface area contributed by atoms with Gasteiger partial charge in [-0.15, -0.1) is 0 Å². The number of nitrogens with one attached hydrogen (secondary N) is 1. The van der Waals surface area contributed by atoms with Gasteiger partial charge in [-0.2, -0.15) is 0 Å². The van der Waals surface area contributed by atoms with Gasteiger partial charge in [0.05, 0.1) is 0 Å². The highest BCUT2D eigenvalue weighted by atomic mass is 35.5. The summed E-state index contributed by atoms with van der Waals surface area (Å²) in [5.74, 6) is 0.961. The highest BCUT2D eigenvalue weighted by Crippen LogP contribution is 2.41. The second kappa shape index (κ2) is 8.06. The van der Waals surface area contributed by atoms with Crippen molar-refractivity contribution in [2.45, 2.75) is 51.2 Å². The minimum absolute atomic E-state index is 0.0384. The molecule has 6 heteroatoms. The van der Waals surface area contributed by atoms with Gasteiger partial charge in [-0.05, 0) is 49.8 Å². The highest BCUT2D eigenvalue weighted by molar-refractivity contribution is 6.31. The lowest BCUT2D eigenvalue weighted by Gasteiger charge is -2.57. The number of carbonyl (C=O) groups is 1. The van der Waals surface area contributed by atoms with Crippen molar-refractivity contribution in [1.82, 2.24) is 15.1 Å². The molecule has 3 fully saturated rings. The zero-order valence-corrected chi connectivity index (χ0v) is 16.7. The number of hydrogen-bond donors (Lipinski definition) is 1. The van der Waals surface area contributed by atoms with Gasteiger partial charge in [-0.1, -0.05) is 24.1 Å². The fourth-order valence-corrected chi connectivity index (χ4v) is 5.79. The number of piperidine rings is 3. The number of fused-ring (bicyclic) bond motifs is 4. The molecule has 4 nitrogen and oxygen atoms in total. The van der Waals surface area contributed by atoms with Crippen LogP contribution in [0.1, 0.15) is 38.2 Å². The molecule has 0 aliphatic carbocycles. The second-order valence-electron chi connectivity index (χ2n) is 8.46. The van der Waals surface area contributed by atoms with Gasteiger partial charge < -0.3 is 5.32 Å². The summed E-state index contributed by atoms with van der Waals surface area (Å²) in [6.07, 6.45) is 4.99. The molecule has 0 aromatic heterocycles. The van der Waals surface area contributed by atoms with Gasteiger partial charge in [0.25, 0.3) is 0 Å². The fourth-order valence-electron chi connectivity index (χ4n) is 5.57. The first kappa shape index (κ1) is 19.2. The Morgan fingerprint density at radius 3 is 2.89 bits per heavy atom. The molecule has 2 bridgehead atoms. The summed E-state index contributed by atoms with van der Waals surface area (Å²) < 4.78 is 14.3. The van der Waals surface area contributed by atoms with E-state index in [1.807, 2.05) is 0 Å². The molecule has 3 saturated heterocycles. The predicted octanol–water partition coefficient (Wildman–Crippen LogP) is 3.29. The molecule has 0 spiro atoms. The molecule has 3 aliphatic heterocycles. The maximum absolute atomic E-state index is 14.3. The number of hydrogen-bond acceptors (Lipinski definition) is 3. The summed E-state index contributed by atoms with van der Waals surface area (Å²) in [7, 11) is 0. The van der Waals surface area contributed by atoms with Crippen LogP contribution in [0.4, 0.5) is 4.39 Å². The van der Waals surface area contributed by atoms with Gasteiger partial charge >= 0.3 is 0 Å². The Bertz CT molecular complexity index is 680. The Balaban J connectivity index is 1.53. The van der Waals surface area contributed by atoms with Crippen LogP contribution in [0.2, 0.25) is 5.02 Å². The molecule has 148 valence electrons. The van der Waals surface area contributed by atoms with Crippen LogP contribution in [0.15, 0.2) is 18.2 Å². The predicted molar refractivity (Wildman–Crippen MR) is 105 cm³/mol. The minimum atomic E-state index is -0.215. The third-order valence-electron chi connectivity index (χ3n) is 6.70. The van der Waals surface area contributed by atoms with Crippen molar-refractivity contribution < 1.29 is 9.18 Å². The first-order valence-corrected chi connectivity index (χ1v) is 10.6. The van der Waals surface area contributed by atoms with Crippen LogP contribution >= 0.6 is 11.6 Å². The SMILES string of the molecule is CC(=O)NC[C@H]1[C@H]2C[C@H](CN(Cc3c(F)cccc3Cl)C2)[C@@H]2CCCCN21. The van der Waals surface area contributed by atoms with Crippen molar-refractivity contribution in [1.29, 1.82) is 0 Å². The van der Waals surface area contributed by atoms with Crippen molar-refractivity contribution in [2.24, 2.45) is 11.8 Å². The molecule has 3 aliphatic rings.